The van der Waals surface area contributed by atoms with Crippen LogP contribution in [0.15, 0.2) is 96.6 Å². The summed E-state index contributed by atoms with van der Waals surface area (Å²) >= 11 is 0. The van der Waals surface area contributed by atoms with E-state index in [2.05, 4.69) is 89.8 Å². The highest BCUT2D eigenvalue weighted by Gasteiger charge is 2.07. The minimum Gasteiger partial charge on any atom is -0.424 e. The largest absolute Gasteiger partial charge is 0.424 e. The maximum absolute atomic E-state index is 5.81. The lowest BCUT2D eigenvalue weighted by atomic mass is 10.2. The molecule has 1 N–H and O–H groups in total. The predicted molar refractivity (Wildman–Crippen MR) is 182 cm³/mol. The van der Waals surface area contributed by atoms with Crippen LogP contribution in [-0.4, -0.2) is 67.8 Å². The number of rotatable bonds is 23. The fourth-order valence-corrected chi connectivity index (χ4v) is 3.46. The maximum atomic E-state index is 5.81. The van der Waals surface area contributed by atoms with Crippen molar-refractivity contribution in [1.82, 2.24) is 20.2 Å². The zero-order valence-corrected chi connectivity index (χ0v) is 26.6. The lowest BCUT2D eigenvalue weighted by molar-refractivity contribution is 0.151. The number of nitrogens with zero attached hydrogens (tertiary/aromatic N) is 4. The van der Waals surface area contributed by atoms with Crippen molar-refractivity contribution < 1.29 is 14.2 Å². The lowest BCUT2D eigenvalue weighted by Crippen LogP contribution is -2.25. The third kappa shape index (κ3) is 18.9. The van der Waals surface area contributed by atoms with Crippen LogP contribution in [-0.2, 0) is 9.47 Å². The molecule has 8 heteroatoms. The number of hydrogen-bond acceptors (Lipinski definition) is 8. The molecule has 0 aliphatic rings. The van der Waals surface area contributed by atoms with Crippen LogP contribution < -0.4 is 10.1 Å². The van der Waals surface area contributed by atoms with E-state index in [4.69, 9.17) is 14.2 Å². The third-order valence-corrected chi connectivity index (χ3v) is 5.78. The molecule has 0 atom stereocenters. The van der Waals surface area contributed by atoms with Gasteiger partial charge in [0.15, 0.2) is 0 Å². The van der Waals surface area contributed by atoms with Crippen LogP contribution in [0, 0.1) is 12.8 Å². The maximum Gasteiger partial charge on any atom is 0.322 e. The first-order valence-corrected chi connectivity index (χ1v) is 14.6. The number of allylic oxidation sites excluding steroid dienone is 6. The Labute approximate surface area is 260 Å². The quantitative estimate of drug-likeness (QED) is 0.0489. The smallest absolute Gasteiger partial charge is 0.322 e. The van der Waals surface area contributed by atoms with Crippen LogP contribution >= 0.6 is 0 Å². The zero-order chi connectivity index (χ0) is 32.1. The van der Waals surface area contributed by atoms with Gasteiger partial charge in [0.2, 0.25) is 0 Å². The Bertz CT molecular complexity index is 1120. The van der Waals surface area contributed by atoms with Crippen LogP contribution in [0.25, 0.3) is 5.70 Å². The van der Waals surface area contributed by atoms with Gasteiger partial charge in [0.25, 0.3) is 0 Å². The van der Waals surface area contributed by atoms with Crippen molar-refractivity contribution in [2.24, 2.45) is 4.99 Å². The van der Waals surface area contributed by atoms with Gasteiger partial charge in [-0.2, -0.15) is 4.98 Å². The molecule has 0 bridgehead atoms. The summed E-state index contributed by atoms with van der Waals surface area (Å²) in [5.74, 6) is 0.504. The fourth-order valence-electron chi connectivity index (χ4n) is 3.46. The number of unbranched alkanes of at least 4 members (excludes halogenated alkanes) is 2. The molecule has 0 radical (unpaired) electrons. The first-order valence-electron chi connectivity index (χ1n) is 14.6. The molecule has 0 aliphatic carbocycles. The van der Waals surface area contributed by atoms with Gasteiger partial charge < -0.3 is 19.5 Å². The van der Waals surface area contributed by atoms with Gasteiger partial charge in [-0.1, -0.05) is 70.4 Å². The lowest BCUT2D eigenvalue weighted by Gasteiger charge is -2.18. The Morgan fingerprint density at radius 1 is 1.21 bits per heavy atom. The molecular formula is C35H51N5O3. The van der Waals surface area contributed by atoms with Gasteiger partial charge in [-0.3, -0.25) is 9.89 Å². The first kappa shape index (κ1) is 39.0. The van der Waals surface area contributed by atoms with E-state index in [0.717, 1.165) is 56.6 Å². The molecule has 0 saturated heterocycles. The Hall–Kier alpha value is -4.03. The molecule has 1 heterocycles. The highest BCUT2D eigenvalue weighted by molar-refractivity contribution is 5.81. The summed E-state index contributed by atoms with van der Waals surface area (Å²) < 4.78 is 16.7. The molecule has 1 aromatic rings. The normalized spacial score (nSPS) is 12.3. The van der Waals surface area contributed by atoms with Gasteiger partial charge in [-0.05, 0) is 63.1 Å². The minimum absolute atomic E-state index is 0.199. The molecule has 1 rings (SSSR count). The number of nitrogens with one attached hydrogen (secondary N) is 1. The molecule has 1 aromatic heterocycles. The van der Waals surface area contributed by atoms with E-state index in [1.54, 1.807) is 37.6 Å². The van der Waals surface area contributed by atoms with Crippen LogP contribution in [0.1, 0.15) is 52.1 Å². The van der Waals surface area contributed by atoms with E-state index in [-0.39, 0.29) is 6.01 Å². The average molecular weight is 590 g/mol. The van der Waals surface area contributed by atoms with Gasteiger partial charge >= 0.3 is 6.01 Å². The van der Waals surface area contributed by atoms with E-state index in [1.807, 2.05) is 19.2 Å². The number of aromatic nitrogens is 2. The molecule has 0 aromatic carbocycles. The van der Waals surface area contributed by atoms with Crippen LogP contribution in [0.2, 0.25) is 0 Å². The van der Waals surface area contributed by atoms with E-state index in [9.17, 15) is 0 Å². The summed E-state index contributed by atoms with van der Waals surface area (Å²) in [7, 11) is 1.72. The predicted octanol–water partition coefficient (Wildman–Crippen LogP) is 6.90. The average Bonchev–Trinajstić information content (AvgIpc) is 3.03. The molecule has 0 fully saturated rings. The summed E-state index contributed by atoms with van der Waals surface area (Å²) in [5.41, 5.74) is 3.20. The molecular weight excluding hydrogens is 538 g/mol. The Morgan fingerprint density at radius 2 is 2.00 bits per heavy atom. The standard InChI is InChI=1S/C33H49N5O3.C2H2/c1-8-13-14-18-29(26-39-7)20-24-40-23-16-15-22-38(12-5)27-34-25-30(10-3)36-28(6)32-19-21-35-33(37-32)41-31(11-4)17-9-2;1-2/h9-11,14,17-21,25,36H,2,4,6,8,12-13,15-16,22-24,26-27H2,1,3,5,7H3;1-2H/b18-14-,29-20+,30-10+,31-17+,34-25-;. The van der Waals surface area contributed by atoms with Crippen molar-refractivity contribution in [2.75, 3.05) is 46.7 Å². The van der Waals surface area contributed by atoms with E-state index in [1.165, 1.54) is 0 Å². The number of hydrogen-bond donors (Lipinski definition) is 1. The van der Waals surface area contributed by atoms with Gasteiger partial charge in [0.1, 0.15) is 5.76 Å². The van der Waals surface area contributed by atoms with Gasteiger partial charge in [0, 0.05) is 26.1 Å². The first-order chi connectivity index (χ1) is 21.0. The van der Waals surface area contributed by atoms with Crippen molar-refractivity contribution >= 4 is 11.9 Å². The van der Waals surface area contributed by atoms with Crippen molar-refractivity contribution in [2.45, 2.75) is 46.5 Å². The molecule has 234 valence electrons. The number of aliphatic imine (C=N–C) groups is 1. The van der Waals surface area contributed by atoms with Gasteiger partial charge in [0.05, 0.1) is 37.0 Å². The molecule has 0 amide bonds. The summed E-state index contributed by atoms with van der Waals surface area (Å²) in [6, 6.07) is 1.96. The summed E-state index contributed by atoms with van der Waals surface area (Å²) in [5, 5.41) is 3.26. The molecule has 0 saturated carbocycles. The van der Waals surface area contributed by atoms with Crippen LogP contribution in [0.4, 0.5) is 0 Å². The van der Waals surface area contributed by atoms with Crippen molar-refractivity contribution in [3.63, 3.8) is 0 Å². The zero-order valence-electron chi connectivity index (χ0n) is 26.6. The highest BCUT2D eigenvalue weighted by Crippen LogP contribution is 2.13. The molecule has 0 aliphatic heterocycles. The van der Waals surface area contributed by atoms with Crippen molar-refractivity contribution in [3.05, 3.63) is 97.3 Å². The Balaban J connectivity index is 0.00000862. The second kappa shape index (κ2) is 26.8. The molecule has 0 unspecified atom stereocenters. The minimum atomic E-state index is 0.199. The van der Waals surface area contributed by atoms with E-state index in [0.29, 0.717) is 37.0 Å². The van der Waals surface area contributed by atoms with Crippen LogP contribution in [0.3, 0.4) is 0 Å². The van der Waals surface area contributed by atoms with Gasteiger partial charge in [-0.15, -0.1) is 12.8 Å². The third-order valence-electron chi connectivity index (χ3n) is 5.78. The molecule has 43 heavy (non-hydrogen) atoms. The topological polar surface area (TPSA) is 81.1 Å². The van der Waals surface area contributed by atoms with E-state index >= 15 is 0 Å². The van der Waals surface area contributed by atoms with Crippen molar-refractivity contribution in [3.8, 4) is 18.9 Å². The monoisotopic (exact) mass is 589 g/mol. The van der Waals surface area contributed by atoms with Crippen LogP contribution in [0.5, 0.6) is 6.01 Å². The summed E-state index contributed by atoms with van der Waals surface area (Å²) in [4.78, 5) is 15.5. The molecule has 8 nitrogen and oxygen atoms in total. The second-order valence-corrected chi connectivity index (χ2v) is 9.03. The summed E-state index contributed by atoms with van der Waals surface area (Å²) in [6.45, 7) is 22.2. The second-order valence-electron chi connectivity index (χ2n) is 9.03. The van der Waals surface area contributed by atoms with Crippen molar-refractivity contribution in [1.29, 1.82) is 0 Å². The Morgan fingerprint density at radius 3 is 2.65 bits per heavy atom. The number of terminal acetylenes is 1. The summed E-state index contributed by atoms with van der Waals surface area (Å²) in [6.07, 6.45) is 28.9. The highest BCUT2D eigenvalue weighted by atomic mass is 16.5. The number of ether oxygens (including phenoxy) is 3. The molecule has 0 spiro atoms. The fraction of sp³-hybridized carbons (Fsp3) is 0.400. The van der Waals surface area contributed by atoms with Gasteiger partial charge in [-0.25, -0.2) is 4.98 Å². The number of methoxy groups -OCH3 is 1. The van der Waals surface area contributed by atoms with E-state index < -0.39 is 0 Å². The SMILES string of the molecule is C#C.C=C/C=C(\C=C)Oc1nccc(C(=C)NC(/C=N\CN(CC)CCCCOC/C=C(\C=C/CCC)COC)=C/C)n1. The Kier molecular flexibility index (Phi) is 24.3.